The molecular weight excluding hydrogens is 168 g/mol. The van der Waals surface area contributed by atoms with Gasteiger partial charge in [0.15, 0.2) is 0 Å². The molecule has 60 valence electrons. The van der Waals surface area contributed by atoms with E-state index >= 15 is 0 Å². The number of rotatable bonds is 2. The highest BCUT2D eigenvalue weighted by Gasteiger charge is 1.95. The molecule has 0 N–H and O–H groups in total. The highest BCUT2D eigenvalue weighted by atomic mass is 28.3. The topological polar surface area (TPSA) is 52.6 Å². The Kier molecular flexibility index (Phi) is 7.85. The maximum Gasteiger partial charge on any atom is 0.431 e. The lowest BCUT2D eigenvalue weighted by atomic mass is 10.9. The van der Waals surface area contributed by atoms with Crippen LogP contribution in [-0.2, 0) is 18.4 Å². The molecule has 0 aliphatic heterocycles. The van der Waals surface area contributed by atoms with Gasteiger partial charge in [-0.25, -0.2) is 0 Å². The van der Waals surface area contributed by atoms with Crippen LogP contribution >= 0.6 is 0 Å². The van der Waals surface area contributed by atoms with Gasteiger partial charge < -0.3 is 8.85 Å². The largest absolute Gasteiger partial charge is 0.490 e. The molecule has 0 amide bonds. The normalized spacial score (nSPS) is 7.40. The van der Waals surface area contributed by atoms with Crippen molar-refractivity contribution in [1.82, 2.24) is 0 Å². The lowest BCUT2D eigenvalue weighted by molar-refractivity contribution is -0.136. The predicted octanol–water partition coefficient (Wildman–Crippen LogP) is -2.34. The summed E-state index contributed by atoms with van der Waals surface area (Å²) in [6, 6.07) is 0. The maximum absolute atomic E-state index is 10.0. The monoisotopic (exact) mass is 180 g/mol. The summed E-state index contributed by atoms with van der Waals surface area (Å²) in [6.07, 6.45) is 0. The van der Waals surface area contributed by atoms with Crippen LogP contribution in [0.2, 0.25) is 0 Å². The van der Waals surface area contributed by atoms with Crippen LogP contribution in [0, 0.1) is 0 Å². The minimum Gasteiger partial charge on any atom is -0.490 e. The summed E-state index contributed by atoms with van der Waals surface area (Å²) >= 11 is 0. The Morgan fingerprint density at radius 1 is 1.10 bits per heavy atom. The third-order valence-corrected chi connectivity index (χ3v) is 1.57. The summed E-state index contributed by atoms with van der Waals surface area (Å²) in [5.74, 6) is -0.800. The molecule has 0 radical (unpaired) electrons. The Hall–Kier alpha value is -0.626. The molecule has 4 nitrogen and oxygen atoms in total. The van der Waals surface area contributed by atoms with Crippen molar-refractivity contribution in [2.45, 2.75) is 13.8 Å². The second kappa shape index (κ2) is 6.49. The van der Waals surface area contributed by atoms with E-state index in [2.05, 4.69) is 8.85 Å². The van der Waals surface area contributed by atoms with Gasteiger partial charge in [0.25, 0.3) is 11.9 Å². The molecule has 6 heteroatoms. The molecule has 0 unspecified atom stereocenters. The fraction of sp³-hybridized carbons (Fsp3) is 0.500. The molecule has 0 fully saturated rings. The van der Waals surface area contributed by atoms with Gasteiger partial charge in [0.05, 0.1) is 0 Å². The van der Waals surface area contributed by atoms with Crippen LogP contribution in [-0.4, -0.2) is 32.9 Å². The molecule has 0 aliphatic rings. The first-order chi connectivity index (χ1) is 4.13. The zero-order valence-electron chi connectivity index (χ0n) is 5.34. The smallest absolute Gasteiger partial charge is 0.431 e. The van der Waals surface area contributed by atoms with E-state index in [1.807, 2.05) is 0 Å². The quantitative estimate of drug-likeness (QED) is 0.447. The first kappa shape index (κ1) is 12.1. The van der Waals surface area contributed by atoms with E-state index in [1.54, 1.807) is 0 Å². The summed E-state index contributed by atoms with van der Waals surface area (Å²) in [7, 11) is -1.38. The zero-order valence-corrected chi connectivity index (χ0v) is 6.75. The average Bonchev–Trinajstić information content (AvgIpc) is 1.63. The lowest BCUT2D eigenvalue weighted by Crippen LogP contribution is -2.11. The van der Waals surface area contributed by atoms with Crippen LogP contribution in [0.4, 0.5) is 0 Å². The van der Waals surface area contributed by atoms with Gasteiger partial charge in [-0.3, -0.25) is 9.59 Å². The molecule has 10 heavy (non-hydrogen) atoms. The number of carbonyl (C=O) groups excluding carboxylic acids is 2. The SMILES string of the molecule is CC(=O)O[SiH2]OC(C)=O.[SiH4]. The van der Waals surface area contributed by atoms with Crippen molar-refractivity contribution in [3.63, 3.8) is 0 Å². The van der Waals surface area contributed by atoms with Gasteiger partial charge in [-0.1, -0.05) is 0 Å². The van der Waals surface area contributed by atoms with Gasteiger partial charge in [-0.05, 0) is 11.0 Å². The van der Waals surface area contributed by atoms with Gasteiger partial charge in [0.2, 0.25) is 0 Å². The van der Waals surface area contributed by atoms with Crippen molar-refractivity contribution in [2.24, 2.45) is 0 Å². The Labute approximate surface area is 66.0 Å². The second-order valence-electron chi connectivity index (χ2n) is 1.39. The number of carbonyl (C=O) groups is 2. The van der Waals surface area contributed by atoms with Crippen molar-refractivity contribution in [1.29, 1.82) is 0 Å². The Morgan fingerprint density at radius 2 is 1.40 bits per heavy atom. The summed E-state index contributed by atoms with van der Waals surface area (Å²) in [6.45, 7) is 2.55. The first-order valence-electron chi connectivity index (χ1n) is 2.39. The highest BCUT2D eigenvalue weighted by Crippen LogP contribution is 1.75. The fourth-order valence-electron chi connectivity index (χ4n) is 0.195. The first-order valence-corrected chi connectivity index (χ1v) is 3.55. The lowest BCUT2D eigenvalue weighted by Gasteiger charge is -1.99. The number of hydrogen-bond acceptors (Lipinski definition) is 4. The van der Waals surface area contributed by atoms with Gasteiger partial charge in [0.1, 0.15) is 0 Å². The Bertz CT molecular complexity index is 110. The van der Waals surface area contributed by atoms with Crippen LogP contribution < -0.4 is 0 Å². The van der Waals surface area contributed by atoms with Crippen LogP contribution in [0.1, 0.15) is 13.8 Å². The average molecular weight is 180 g/mol. The fourth-order valence-corrected chi connectivity index (χ4v) is 0.586. The molecule has 0 aromatic rings. The van der Waals surface area contributed by atoms with E-state index in [1.165, 1.54) is 13.8 Å². The Balaban J connectivity index is 0. The van der Waals surface area contributed by atoms with Crippen molar-refractivity contribution < 1.29 is 18.4 Å². The van der Waals surface area contributed by atoms with Crippen molar-refractivity contribution in [3.8, 4) is 0 Å². The molecule has 0 saturated heterocycles. The standard InChI is InChI=1S/C4H8O4Si.H4Si/c1-3(5)7-9-8-4(2)6;/h9H2,1-2H3;1H4. The highest BCUT2D eigenvalue weighted by molar-refractivity contribution is 6.25. The molecule has 0 spiro atoms. The van der Waals surface area contributed by atoms with Gasteiger partial charge >= 0.3 is 10.0 Å². The van der Waals surface area contributed by atoms with E-state index in [0.717, 1.165) is 0 Å². The Morgan fingerprint density at radius 3 is 1.60 bits per heavy atom. The molecule has 0 aliphatic carbocycles. The second-order valence-corrected chi connectivity index (χ2v) is 2.20. The summed E-state index contributed by atoms with van der Waals surface area (Å²) < 4.78 is 8.82. The van der Waals surface area contributed by atoms with Crippen molar-refractivity contribution in [3.05, 3.63) is 0 Å². The predicted molar refractivity (Wildman–Crippen MR) is 43.4 cm³/mol. The van der Waals surface area contributed by atoms with Crippen molar-refractivity contribution >= 4 is 32.9 Å². The van der Waals surface area contributed by atoms with Crippen LogP contribution in [0.15, 0.2) is 0 Å². The van der Waals surface area contributed by atoms with Gasteiger partial charge in [-0.2, -0.15) is 0 Å². The van der Waals surface area contributed by atoms with Crippen LogP contribution in [0.25, 0.3) is 0 Å². The van der Waals surface area contributed by atoms with Crippen LogP contribution in [0.3, 0.4) is 0 Å². The van der Waals surface area contributed by atoms with Crippen LogP contribution in [0.5, 0.6) is 0 Å². The molecule has 0 rings (SSSR count). The third kappa shape index (κ3) is 10.4. The van der Waals surface area contributed by atoms with E-state index in [0.29, 0.717) is 0 Å². The molecule has 0 aromatic heterocycles. The minimum absolute atomic E-state index is 0. The number of hydrogen-bond donors (Lipinski definition) is 0. The van der Waals surface area contributed by atoms with E-state index in [-0.39, 0.29) is 11.0 Å². The molecule has 0 atom stereocenters. The molecular formula is C4H12O4Si2. The van der Waals surface area contributed by atoms with Gasteiger partial charge in [0, 0.05) is 13.8 Å². The minimum atomic E-state index is -1.38. The van der Waals surface area contributed by atoms with Gasteiger partial charge in [-0.15, -0.1) is 0 Å². The van der Waals surface area contributed by atoms with Crippen molar-refractivity contribution in [2.75, 3.05) is 0 Å². The van der Waals surface area contributed by atoms with E-state index in [9.17, 15) is 9.59 Å². The zero-order chi connectivity index (χ0) is 7.28. The molecule has 0 heterocycles. The maximum atomic E-state index is 10.0. The molecule has 0 saturated carbocycles. The summed E-state index contributed by atoms with van der Waals surface area (Å²) in [5, 5.41) is 0. The third-order valence-electron chi connectivity index (χ3n) is 0.524. The van der Waals surface area contributed by atoms with E-state index < -0.39 is 21.9 Å². The summed E-state index contributed by atoms with van der Waals surface area (Å²) in [4.78, 5) is 20.1. The summed E-state index contributed by atoms with van der Waals surface area (Å²) in [5.41, 5.74) is 0. The molecule has 0 bridgehead atoms. The van der Waals surface area contributed by atoms with E-state index in [4.69, 9.17) is 0 Å². The molecule has 0 aromatic carbocycles.